The second-order valence-corrected chi connectivity index (χ2v) is 58.4. The summed E-state index contributed by atoms with van der Waals surface area (Å²) < 4.78 is 51.2. The quantitative estimate of drug-likeness (QED) is 0.0390. The molecule has 10 nitrogen and oxygen atoms in total. The Balaban J connectivity index is -0.00000205. The van der Waals surface area contributed by atoms with Crippen LogP contribution in [0.1, 0.15) is 415 Å². The standard InChI is InChI=1S/C47H92O5Si2.C47H90O5Si2.B.Na.H/c2*1-39(2)53(40(3)4,41(5)6)51-35-29-25-21-17-13-15-19-23-27-33-49-46-32-31-45(38-48)47(37-46)50-34-28-24-20-16-14-18-22-26-30-36-52-54(42(7)8,43(9)10)44(11)12;;;/h31-32,37,39-44,48H,13-30,33-36,38H2,1-12H3;31-32,37-44H,13-30,33-36H2,1-12H3;;;/q;;;+1;-1. The van der Waals surface area contributed by atoms with Crippen LogP contribution in [0.25, 0.3) is 0 Å². The summed E-state index contributed by atoms with van der Waals surface area (Å²) in [5.74, 6) is 3.05. The van der Waals surface area contributed by atoms with Crippen LogP contribution in [-0.2, 0) is 24.3 Å². The molecule has 0 heterocycles. The van der Waals surface area contributed by atoms with E-state index in [9.17, 15) is 9.90 Å². The number of carbonyl (C=O) groups excluding carboxylic acids is 1. The molecule has 639 valence electrons. The molecule has 2 aromatic carbocycles. The van der Waals surface area contributed by atoms with E-state index in [0.717, 1.165) is 87.8 Å². The van der Waals surface area contributed by atoms with Gasteiger partial charge in [-0.05, 0) is 142 Å². The molecule has 110 heavy (non-hydrogen) atoms. The summed E-state index contributed by atoms with van der Waals surface area (Å²) in [6.07, 6.45) is 46.0. The first-order chi connectivity index (χ1) is 51.5. The van der Waals surface area contributed by atoms with Gasteiger partial charge in [0.25, 0.3) is 0 Å². The third-order valence-electron chi connectivity index (χ3n) is 24.8. The molecule has 0 aliphatic heterocycles. The molecule has 0 aliphatic carbocycles. The Kier molecular flexibility index (Phi) is 66.6. The largest absolute Gasteiger partial charge is 1.00 e. The molecule has 0 amide bonds. The normalized spacial score (nSPS) is 12.5. The fraction of sp³-hybridized carbons (Fsp3) is 0.862. The van der Waals surface area contributed by atoms with Crippen molar-refractivity contribution in [3.8, 4) is 23.0 Å². The molecule has 2 aromatic rings. The first-order valence-corrected chi connectivity index (χ1v) is 54.5. The molecule has 0 aliphatic rings. The van der Waals surface area contributed by atoms with E-state index in [4.69, 9.17) is 36.7 Å². The number of aliphatic hydroxyl groups is 1. The van der Waals surface area contributed by atoms with Crippen molar-refractivity contribution in [2.75, 3.05) is 52.9 Å². The van der Waals surface area contributed by atoms with Crippen LogP contribution in [0, 0.1) is 0 Å². The predicted octanol–water partition coefficient (Wildman–Crippen LogP) is 27.7. The third-order valence-corrected chi connectivity index (χ3v) is 49.2. The molecule has 2 rings (SSSR count). The second-order valence-electron chi connectivity index (χ2n) is 36.5. The van der Waals surface area contributed by atoms with E-state index in [1.165, 1.54) is 205 Å². The number of aldehydes is 1. The van der Waals surface area contributed by atoms with Crippen LogP contribution in [0.5, 0.6) is 23.0 Å². The SMILES string of the molecule is CC(C)[Si](OCCCCCCCCCCCOc1ccc(C=O)c(OCCCCCCCCCCCO[Si](C(C)C)(C(C)C)C(C)C)c1)(C(C)C)C(C)C.CC(C)[Si](OCCCCCCCCCCCOc1ccc(CO)c(OCCCCCCCCCCCO[Si](C(C)C)(C(C)C)C(C)C)c1)(C(C)C)C(C)C.[B].[H-].[Na+]. The smallest absolute Gasteiger partial charge is 1.00 e. The summed E-state index contributed by atoms with van der Waals surface area (Å²) >= 11 is 0. The van der Waals surface area contributed by atoms with Crippen molar-refractivity contribution in [3.05, 3.63) is 47.5 Å². The van der Waals surface area contributed by atoms with Gasteiger partial charge in [0.1, 0.15) is 23.0 Å². The zero-order chi connectivity index (χ0) is 80.8. The average Bonchev–Trinajstić information content (AvgIpc) is 0.825. The van der Waals surface area contributed by atoms with Crippen molar-refractivity contribution in [2.24, 2.45) is 0 Å². The van der Waals surface area contributed by atoms with Crippen molar-refractivity contribution >= 4 is 48.0 Å². The second kappa shape index (κ2) is 65.9. The van der Waals surface area contributed by atoms with Crippen LogP contribution < -0.4 is 48.5 Å². The molecule has 0 aromatic heterocycles. The van der Waals surface area contributed by atoms with Crippen molar-refractivity contribution < 1.29 is 77.5 Å². The Morgan fingerprint density at radius 2 is 0.455 bits per heavy atom. The number of rotatable bonds is 70. The summed E-state index contributed by atoms with van der Waals surface area (Å²) in [5.41, 5.74) is 9.46. The molecule has 0 saturated carbocycles. The van der Waals surface area contributed by atoms with Crippen molar-refractivity contribution in [1.82, 2.24) is 0 Å². The van der Waals surface area contributed by atoms with Gasteiger partial charge in [-0.15, -0.1) is 0 Å². The zero-order valence-corrected chi connectivity index (χ0v) is 83.5. The summed E-state index contributed by atoms with van der Waals surface area (Å²) in [7, 11) is -6.84. The fourth-order valence-electron chi connectivity index (χ4n) is 19.2. The van der Waals surface area contributed by atoms with Gasteiger partial charge in [-0.3, -0.25) is 4.79 Å². The maximum atomic E-state index is 11.6. The molecule has 0 spiro atoms. The van der Waals surface area contributed by atoms with Gasteiger partial charge in [-0.2, -0.15) is 0 Å². The van der Waals surface area contributed by atoms with Crippen molar-refractivity contribution in [2.45, 2.75) is 470 Å². The molecule has 1 N–H and O–H groups in total. The first kappa shape index (κ1) is 111. The molecule has 16 heteroatoms. The topological polar surface area (TPSA) is 111 Å². The first-order valence-electron chi connectivity index (χ1n) is 45.9. The zero-order valence-electron chi connectivity index (χ0n) is 78.5. The Morgan fingerprint density at radius 3 is 0.664 bits per heavy atom. The van der Waals surface area contributed by atoms with Gasteiger partial charge in [0, 0.05) is 52.5 Å². The number of hydrogen-bond donors (Lipinski definition) is 1. The summed E-state index contributed by atoms with van der Waals surface area (Å²) in [6.45, 7) is 63.5. The van der Waals surface area contributed by atoms with E-state index in [1.54, 1.807) is 0 Å². The molecule has 0 unspecified atom stereocenters. The van der Waals surface area contributed by atoms with E-state index in [1.807, 2.05) is 36.4 Å². The number of unbranched alkanes of at least 4 members (excludes halogenated alkanes) is 32. The predicted molar refractivity (Wildman–Crippen MR) is 487 cm³/mol. The Labute approximate surface area is 714 Å². The van der Waals surface area contributed by atoms with E-state index in [0.29, 0.717) is 97.6 Å². The minimum atomic E-state index is -1.72. The minimum absolute atomic E-state index is 0. The number of carbonyl (C=O) groups is 1. The molecule has 0 saturated heterocycles. The average molecular weight is 1620 g/mol. The van der Waals surface area contributed by atoms with Crippen LogP contribution >= 0.6 is 0 Å². The minimum Gasteiger partial charge on any atom is -1.00 e. The number of benzene rings is 2. The van der Waals surface area contributed by atoms with Gasteiger partial charge in [0.2, 0.25) is 0 Å². The van der Waals surface area contributed by atoms with Crippen LogP contribution in [-0.4, -0.2) is 106 Å². The molecule has 3 radical (unpaired) electrons. The molecular formula is C94H183BNaO10Si4. The number of ether oxygens (including phenoxy) is 4. The van der Waals surface area contributed by atoms with Crippen LogP contribution in [0.15, 0.2) is 36.4 Å². The van der Waals surface area contributed by atoms with E-state index in [2.05, 4.69) is 166 Å². The van der Waals surface area contributed by atoms with Crippen LogP contribution in [0.4, 0.5) is 0 Å². The summed E-state index contributed by atoms with van der Waals surface area (Å²) in [6, 6.07) is 11.5. The maximum Gasteiger partial charge on any atom is 1.00 e. The summed E-state index contributed by atoms with van der Waals surface area (Å²) in [4.78, 5) is 11.6. The third kappa shape index (κ3) is 42.1. The van der Waals surface area contributed by atoms with Gasteiger partial charge in [0.05, 0.1) is 38.6 Å². The van der Waals surface area contributed by atoms with Gasteiger partial charge in [0.15, 0.2) is 39.6 Å². The van der Waals surface area contributed by atoms with Gasteiger partial charge in [-0.1, -0.05) is 346 Å². The van der Waals surface area contributed by atoms with Gasteiger partial charge in [-0.25, -0.2) is 0 Å². The van der Waals surface area contributed by atoms with E-state index in [-0.39, 0.29) is 46.0 Å². The van der Waals surface area contributed by atoms with Gasteiger partial charge >= 0.3 is 29.6 Å². The van der Waals surface area contributed by atoms with Crippen molar-refractivity contribution in [1.29, 1.82) is 0 Å². The molecular weight excluding hydrogens is 1440 g/mol. The Morgan fingerprint density at radius 1 is 0.273 bits per heavy atom. The van der Waals surface area contributed by atoms with E-state index >= 15 is 0 Å². The summed E-state index contributed by atoms with van der Waals surface area (Å²) in [5, 5.41) is 9.84. The van der Waals surface area contributed by atoms with E-state index < -0.39 is 33.3 Å². The van der Waals surface area contributed by atoms with Crippen LogP contribution in [0.2, 0.25) is 66.5 Å². The Hall–Kier alpha value is -0.958. The molecule has 0 atom stereocenters. The molecule has 0 fully saturated rings. The Bertz CT molecular complexity index is 2380. The fourth-order valence-corrected chi connectivity index (χ4v) is 41.2. The van der Waals surface area contributed by atoms with Gasteiger partial charge < -0.3 is 43.2 Å². The number of aliphatic hydroxyl groups excluding tert-OH is 1. The molecule has 0 bridgehead atoms. The van der Waals surface area contributed by atoms with Crippen LogP contribution in [0.3, 0.4) is 0 Å². The number of hydrogen-bond acceptors (Lipinski definition) is 10. The maximum absolute atomic E-state index is 11.6. The monoisotopic (exact) mass is 1620 g/mol. The van der Waals surface area contributed by atoms with Crippen molar-refractivity contribution in [3.63, 3.8) is 0 Å².